The summed E-state index contributed by atoms with van der Waals surface area (Å²) in [6.45, 7) is 3.59. The van der Waals surface area contributed by atoms with Gasteiger partial charge in [0.25, 0.3) is 0 Å². The fourth-order valence-electron chi connectivity index (χ4n) is 2.08. The number of carboxylic acid groups (broad SMARTS) is 1. The average molecular weight is 342 g/mol. The molecule has 0 unspecified atom stereocenters. The van der Waals surface area contributed by atoms with E-state index in [1.165, 1.54) is 6.07 Å². The molecule has 0 aliphatic carbocycles. The summed E-state index contributed by atoms with van der Waals surface area (Å²) in [5.74, 6) is -3.21. The highest BCUT2D eigenvalue weighted by Crippen LogP contribution is 2.19. The Labute approximate surface area is 137 Å². The molecule has 1 rings (SSSR count). The summed E-state index contributed by atoms with van der Waals surface area (Å²) in [5.41, 5.74) is -0.600. The summed E-state index contributed by atoms with van der Waals surface area (Å²) < 4.78 is 13.3. The Morgan fingerprint density at radius 3 is 2.50 bits per heavy atom. The second kappa shape index (κ2) is 8.34. The van der Waals surface area contributed by atoms with Gasteiger partial charge in [-0.15, -0.1) is 0 Å². The number of hydrogen-bond donors (Lipinski definition) is 3. The molecule has 0 aliphatic heterocycles. The minimum Gasteiger partial charge on any atom is -0.480 e. The van der Waals surface area contributed by atoms with Crippen LogP contribution in [-0.2, 0) is 16.0 Å². The van der Waals surface area contributed by atoms with Gasteiger partial charge >= 0.3 is 11.7 Å². The van der Waals surface area contributed by atoms with Crippen molar-refractivity contribution in [1.82, 2.24) is 5.32 Å². The van der Waals surface area contributed by atoms with Crippen LogP contribution < -0.4 is 5.32 Å². The van der Waals surface area contributed by atoms with Gasteiger partial charge in [-0.05, 0) is 24.0 Å². The normalized spacial score (nSPS) is 13.4. The Kier molecular flexibility index (Phi) is 6.78. The molecular formula is C15H19FN2O6. The van der Waals surface area contributed by atoms with E-state index in [1.807, 2.05) is 0 Å². The van der Waals surface area contributed by atoms with Gasteiger partial charge in [-0.1, -0.05) is 19.9 Å². The first kappa shape index (κ1) is 19.5. The topological polar surface area (TPSA) is 130 Å². The van der Waals surface area contributed by atoms with E-state index < -0.39 is 40.5 Å². The monoisotopic (exact) mass is 342 g/mol. The molecule has 3 N–H and O–H groups in total. The molecular weight excluding hydrogens is 323 g/mol. The van der Waals surface area contributed by atoms with Crippen LogP contribution >= 0.6 is 0 Å². The number of carboxylic acids is 1. The van der Waals surface area contributed by atoms with Gasteiger partial charge in [0.2, 0.25) is 11.7 Å². The lowest BCUT2D eigenvalue weighted by Gasteiger charge is -2.18. The highest BCUT2D eigenvalue weighted by Gasteiger charge is 2.25. The summed E-state index contributed by atoms with van der Waals surface area (Å²) in [4.78, 5) is 32.9. The molecule has 2 atom stereocenters. The number of nitro benzene ring substituents is 1. The van der Waals surface area contributed by atoms with Gasteiger partial charge in [0.05, 0.1) is 4.92 Å². The van der Waals surface area contributed by atoms with E-state index >= 15 is 0 Å². The lowest BCUT2D eigenvalue weighted by molar-refractivity contribution is -0.387. The Morgan fingerprint density at radius 2 is 2.00 bits per heavy atom. The maximum atomic E-state index is 13.3. The zero-order valence-corrected chi connectivity index (χ0v) is 13.2. The molecule has 1 aromatic rings. The number of nitrogens with one attached hydrogen (secondary N) is 1. The van der Waals surface area contributed by atoms with Crippen molar-refractivity contribution in [3.63, 3.8) is 0 Å². The van der Waals surface area contributed by atoms with Gasteiger partial charge in [0.1, 0.15) is 12.1 Å². The van der Waals surface area contributed by atoms with Gasteiger partial charge in [-0.2, -0.15) is 4.39 Å². The van der Waals surface area contributed by atoms with Crippen LogP contribution in [0.1, 0.15) is 25.8 Å². The Bertz CT molecular complexity index is 634. The van der Waals surface area contributed by atoms with Crippen molar-refractivity contribution in [2.24, 2.45) is 5.92 Å². The Balaban J connectivity index is 2.87. The molecule has 1 amide bonds. The summed E-state index contributed by atoms with van der Waals surface area (Å²) in [6.07, 6.45) is -1.47. The average Bonchev–Trinajstić information content (AvgIpc) is 2.47. The van der Waals surface area contributed by atoms with Crippen LogP contribution in [0.5, 0.6) is 0 Å². The molecule has 0 spiro atoms. The third-order valence-electron chi connectivity index (χ3n) is 3.26. The molecule has 1 aromatic carbocycles. The van der Waals surface area contributed by atoms with Crippen LogP contribution in [0.3, 0.4) is 0 Å². The molecule has 0 heterocycles. The quantitative estimate of drug-likeness (QED) is 0.481. The lowest BCUT2D eigenvalue weighted by Crippen LogP contribution is -2.46. The second-order valence-corrected chi connectivity index (χ2v) is 5.79. The van der Waals surface area contributed by atoms with Crippen molar-refractivity contribution in [3.8, 4) is 0 Å². The predicted molar refractivity (Wildman–Crippen MR) is 81.8 cm³/mol. The number of rotatable bonds is 8. The third-order valence-corrected chi connectivity index (χ3v) is 3.26. The maximum absolute atomic E-state index is 13.3. The Morgan fingerprint density at radius 1 is 1.38 bits per heavy atom. The number of nitro groups is 1. The van der Waals surface area contributed by atoms with Crippen molar-refractivity contribution in [2.75, 3.05) is 0 Å². The minimum absolute atomic E-state index is 0.0359. The molecule has 0 saturated carbocycles. The predicted octanol–water partition coefficient (Wildman–Crippen LogP) is 1.25. The summed E-state index contributed by atoms with van der Waals surface area (Å²) in [7, 11) is 0. The van der Waals surface area contributed by atoms with E-state index in [0.717, 1.165) is 12.1 Å². The van der Waals surface area contributed by atoms with Crippen molar-refractivity contribution in [3.05, 3.63) is 39.7 Å². The zero-order valence-electron chi connectivity index (χ0n) is 13.2. The molecule has 0 aliphatic rings. The Hall–Kier alpha value is -2.55. The number of halogens is 1. The number of benzene rings is 1. The van der Waals surface area contributed by atoms with E-state index in [-0.39, 0.29) is 24.3 Å². The van der Waals surface area contributed by atoms with Crippen LogP contribution in [0.15, 0.2) is 18.2 Å². The van der Waals surface area contributed by atoms with Crippen LogP contribution in [0.4, 0.5) is 10.1 Å². The first-order valence-electron chi connectivity index (χ1n) is 7.25. The second-order valence-electron chi connectivity index (χ2n) is 5.79. The van der Waals surface area contributed by atoms with E-state index in [1.54, 1.807) is 13.8 Å². The number of aliphatic carboxylic acids is 1. The van der Waals surface area contributed by atoms with E-state index in [9.17, 15) is 34.3 Å². The summed E-state index contributed by atoms with van der Waals surface area (Å²) >= 11 is 0. The van der Waals surface area contributed by atoms with Gasteiger partial charge in [0.15, 0.2) is 0 Å². The number of carbonyl (C=O) groups excluding carboxylic acids is 1. The molecule has 0 aromatic heterocycles. The van der Waals surface area contributed by atoms with Crippen LogP contribution in [-0.4, -0.2) is 39.2 Å². The zero-order chi connectivity index (χ0) is 18.4. The molecule has 0 fully saturated rings. The third kappa shape index (κ3) is 5.58. The smallest absolute Gasteiger partial charge is 0.326 e. The number of nitrogens with zero attached hydrogens (tertiary/aromatic N) is 1. The molecule has 8 nitrogen and oxygen atoms in total. The molecule has 9 heteroatoms. The lowest BCUT2D eigenvalue weighted by atomic mass is 10.0. The number of aliphatic hydroxyl groups is 1. The standard InChI is InChI=1S/C15H19FN2O6/c1-8(2)5-13(19)14(20)17-11(15(21)22)6-9-3-4-10(16)12(7-9)18(23)24/h3-4,7-8,11,13,19H,5-6H2,1-2H3,(H,17,20)(H,21,22)/t11-,13-/m0/s1. The van der Waals surface area contributed by atoms with Crippen LogP contribution in [0.2, 0.25) is 0 Å². The van der Waals surface area contributed by atoms with Crippen LogP contribution in [0, 0.1) is 21.8 Å². The summed E-state index contributed by atoms with van der Waals surface area (Å²) in [5, 5.41) is 31.8. The van der Waals surface area contributed by atoms with E-state index in [4.69, 9.17) is 0 Å². The van der Waals surface area contributed by atoms with Crippen LogP contribution in [0.25, 0.3) is 0 Å². The minimum atomic E-state index is -1.40. The van der Waals surface area contributed by atoms with E-state index in [2.05, 4.69) is 5.32 Å². The number of amides is 1. The molecule has 0 radical (unpaired) electrons. The molecule has 0 saturated heterocycles. The fraction of sp³-hybridized carbons (Fsp3) is 0.467. The van der Waals surface area contributed by atoms with Gasteiger partial charge in [-0.3, -0.25) is 14.9 Å². The molecule has 0 bridgehead atoms. The van der Waals surface area contributed by atoms with Crippen molar-refractivity contribution in [2.45, 2.75) is 38.8 Å². The fourth-order valence-corrected chi connectivity index (χ4v) is 2.08. The number of aliphatic hydroxyl groups excluding tert-OH is 1. The maximum Gasteiger partial charge on any atom is 0.326 e. The van der Waals surface area contributed by atoms with Gasteiger partial charge < -0.3 is 15.5 Å². The highest BCUT2D eigenvalue weighted by molar-refractivity contribution is 5.86. The van der Waals surface area contributed by atoms with E-state index in [0.29, 0.717) is 0 Å². The first-order valence-corrected chi connectivity index (χ1v) is 7.25. The van der Waals surface area contributed by atoms with Crippen molar-refractivity contribution < 1.29 is 29.1 Å². The first-order chi connectivity index (χ1) is 11.1. The SMILES string of the molecule is CC(C)C[C@H](O)C(=O)N[C@@H](Cc1ccc(F)c([N+](=O)[O-])c1)C(=O)O. The molecule has 132 valence electrons. The molecule has 24 heavy (non-hydrogen) atoms. The van der Waals surface area contributed by atoms with Gasteiger partial charge in [0, 0.05) is 12.5 Å². The van der Waals surface area contributed by atoms with Crippen molar-refractivity contribution in [1.29, 1.82) is 0 Å². The number of carbonyl (C=O) groups is 2. The highest BCUT2D eigenvalue weighted by atomic mass is 19.1. The largest absolute Gasteiger partial charge is 0.480 e. The summed E-state index contributed by atoms with van der Waals surface area (Å²) in [6, 6.07) is 1.59. The number of hydrogen-bond acceptors (Lipinski definition) is 5. The van der Waals surface area contributed by atoms with Gasteiger partial charge in [-0.25, -0.2) is 4.79 Å². The van der Waals surface area contributed by atoms with Crippen molar-refractivity contribution >= 4 is 17.6 Å².